The second kappa shape index (κ2) is 5.94. The third-order valence-corrected chi connectivity index (χ3v) is 3.55. The van der Waals surface area contributed by atoms with Gasteiger partial charge in [-0.3, -0.25) is 0 Å². The molecule has 12 heavy (non-hydrogen) atoms. The van der Waals surface area contributed by atoms with Crippen molar-refractivity contribution in [3.8, 4) is 0 Å². The molecular formula is C7H16BrNO2S. The summed E-state index contributed by atoms with van der Waals surface area (Å²) in [5, 5.41) is 0.996. The molecule has 0 aliphatic carbocycles. The molecule has 0 rings (SSSR count). The molecule has 0 atom stereocenters. The van der Waals surface area contributed by atoms with Crippen LogP contribution in [0.2, 0.25) is 0 Å². The molecule has 0 fully saturated rings. The minimum atomic E-state index is -2.97. The van der Waals surface area contributed by atoms with Crippen LogP contribution in [0.5, 0.6) is 0 Å². The van der Waals surface area contributed by atoms with Gasteiger partial charge in [0.1, 0.15) is 0 Å². The summed E-state index contributed by atoms with van der Waals surface area (Å²) in [7, 11) is -1.35. The summed E-state index contributed by atoms with van der Waals surface area (Å²) in [6.45, 7) is 0.631. The van der Waals surface area contributed by atoms with Crippen LogP contribution in [-0.2, 0) is 10.0 Å². The molecule has 0 saturated heterocycles. The average Bonchev–Trinajstić information content (AvgIpc) is 1.96. The van der Waals surface area contributed by atoms with Crippen LogP contribution >= 0.6 is 15.9 Å². The van der Waals surface area contributed by atoms with Crippen molar-refractivity contribution < 1.29 is 8.42 Å². The summed E-state index contributed by atoms with van der Waals surface area (Å²) in [4.78, 5) is 0. The van der Waals surface area contributed by atoms with Gasteiger partial charge in [-0.2, -0.15) is 0 Å². The predicted molar refractivity (Wildman–Crippen MR) is 55.1 cm³/mol. The Bertz CT molecular complexity index is 203. The molecule has 5 heteroatoms. The zero-order chi connectivity index (χ0) is 9.61. The molecule has 0 spiro atoms. The fraction of sp³-hybridized carbons (Fsp3) is 1.00. The molecular weight excluding hydrogens is 242 g/mol. The van der Waals surface area contributed by atoms with Gasteiger partial charge in [0, 0.05) is 18.9 Å². The Labute approximate surface area is 83.3 Å². The minimum Gasteiger partial charge on any atom is -0.213 e. The Kier molecular flexibility index (Phi) is 6.13. The van der Waals surface area contributed by atoms with Crippen LogP contribution in [0.25, 0.3) is 0 Å². The van der Waals surface area contributed by atoms with Crippen LogP contribution in [0.15, 0.2) is 0 Å². The van der Waals surface area contributed by atoms with Crippen LogP contribution in [0, 0.1) is 0 Å². The Morgan fingerprint density at radius 2 is 1.83 bits per heavy atom. The molecule has 0 aliphatic heterocycles. The minimum absolute atomic E-state index is 0.631. The molecule has 0 bridgehead atoms. The average molecular weight is 258 g/mol. The second-order valence-corrected chi connectivity index (χ2v) is 5.72. The number of rotatable bonds is 6. The van der Waals surface area contributed by atoms with Crippen molar-refractivity contribution in [2.24, 2.45) is 0 Å². The number of unbranched alkanes of at least 4 members (excludes halogenated alkanes) is 2. The van der Waals surface area contributed by atoms with Gasteiger partial charge in [-0.25, -0.2) is 12.7 Å². The third-order valence-electron chi connectivity index (χ3n) is 1.67. The molecule has 74 valence electrons. The Morgan fingerprint density at radius 1 is 1.25 bits per heavy atom. The summed E-state index contributed by atoms with van der Waals surface area (Å²) >= 11 is 3.32. The molecule has 0 radical (unpaired) electrons. The number of halogens is 1. The van der Waals surface area contributed by atoms with E-state index in [1.165, 1.54) is 10.6 Å². The first-order valence-electron chi connectivity index (χ1n) is 3.95. The normalized spacial score (nSPS) is 12.3. The molecule has 0 N–H and O–H groups in total. The molecule has 3 nitrogen and oxygen atoms in total. The van der Waals surface area contributed by atoms with E-state index >= 15 is 0 Å². The van der Waals surface area contributed by atoms with E-state index in [4.69, 9.17) is 0 Å². The van der Waals surface area contributed by atoms with E-state index in [0.717, 1.165) is 24.6 Å². The number of sulfonamides is 1. The van der Waals surface area contributed by atoms with Gasteiger partial charge < -0.3 is 0 Å². The zero-order valence-electron chi connectivity index (χ0n) is 7.59. The van der Waals surface area contributed by atoms with E-state index in [9.17, 15) is 8.42 Å². The summed E-state index contributed by atoms with van der Waals surface area (Å²) in [6, 6.07) is 0. The quantitative estimate of drug-likeness (QED) is 0.534. The molecule has 0 unspecified atom stereocenters. The smallest absolute Gasteiger partial charge is 0.210 e. The van der Waals surface area contributed by atoms with E-state index in [2.05, 4.69) is 15.9 Å². The topological polar surface area (TPSA) is 37.4 Å². The number of hydrogen-bond donors (Lipinski definition) is 0. The van der Waals surface area contributed by atoms with Gasteiger partial charge in [0.05, 0.1) is 6.26 Å². The van der Waals surface area contributed by atoms with E-state index in [-0.39, 0.29) is 0 Å². The molecule has 0 aromatic carbocycles. The van der Waals surface area contributed by atoms with E-state index in [1.807, 2.05) is 0 Å². The lowest BCUT2D eigenvalue weighted by atomic mass is 10.2. The van der Waals surface area contributed by atoms with Crippen LogP contribution in [0.3, 0.4) is 0 Å². The van der Waals surface area contributed by atoms with Crippen molar-refractivity contribution in [2.45, 2.75) is 19.3 Å². The molecule has 0 heterocycles. The molecule has 0 saturated carbocycles. The number of hydrogen-bond acceptors (Lipinski definition) is 2. The molecule has 0 aromatic rings. The monoisotopic (exact) mass is 257 g/mol. The summed E-state index contributed by atoms with van der Waals surface area (Å²) < 4.78 is 23.2. The largest absolute Gasteiger partial charge is 0.213 e. The molecule has 0 amide bonds. The summed E-state index contributed by atoms with van der Waals surface area (Å²) in [5.74, 6) is 0. The Balaban J connectivity index is 3.52. The summed E-state index contributed by atoms with van der Waals surface area (Å²) in [6.07, 6.45) is 4.36. The molecule has 0 aromatic heterocycles. The zero-order valence-corrected chi connectivity index (χ0v) is 9.99. The van der Waals surface area contributed by atoms with Crippen molar-refractivity contribution in [3.05, 3.63) is 0 Å². The van der Waals surface area contributed by atoms with Crippen LogP contribution < -0.4 is 0 Å². The highest BCUT2D eigenvalue weighted by atomic mass is 79.9. The lowest BCUT2D eigenvalue weighted by Gasteiger charge is -2.12. The molecule has 0 aliphatic rings. The lowest BCUT2D eigenvalue weighted by Crippen LogP contribution is -2.26. The Morgan fingerprint density at radius 3 is 2.25 bits per heavy atom. The van der Waals surface area contributed by atoms with E-state index < -0.39 is 10.0 Å². The maximum absolute atomic E-state index is 10.9. The van der Waals surface area contributed by atoms with Crippen molar-refractivity contribution in [1.29, 1.82) is 0 Å². The Hall–Kier alpha value is 0.390. The van der Waals surface area contributed by atoms with Crippen molar-refractivity contribution >= 4 is 26.0 Å². The maximum atomic E-state index is 10.9. The standard InChI is InChI=1S/C7H16BrNO2S/c1-9(12(2,10)11)7-5-3-4-6-8/h3-7H2,1-2H3. The van der Waals surface area contributed by atoms with Gasteiger partial charge in [-0.05, 0) is 12.8 Å². The highest BCUT2D eigenvalue weighted by Gasteiger charge is 2.08. The van der Waals surface area contributed by atoms with Gasteiger partial charge in [-0.1, -0.05) is 22.4 Å². The third kappa shape index (κ3) is 5.97. The summed E-state index contributed by atoms with van der Waals surface area (Å²) in [5.41, 5.74) is 0. The first-order valence-corrected chi connectivity index (χ1v) is 6.92. The highest BCUT2D eigenvalue weighted by Crippen LogP contribution is 2.01. The van der Waals surface area contributed by atoms with Crippen molar-refractivity contribution in [1.82, 2.24) is 4.31 Å². The number of nitrogens with zero attached hydrogens (tertiary/aromatic N) is 1. The van der Waals surface area contributed by atoms with Gasteiger partial charge in [0.15, 0.2) is 0 Å². The fourth-order valence-electron chi connectivity index (χ4n) is 0.772. The predicted octanol–water partition coefficient (Wildman–Crippen LogP) is 1.44. The van der Waals surface area contributed by atoms with Crippen LogP contribution in [-0.4, -0.2) is 37.9 Å². The van der Waals surface area contributed by atoms with Gasteiger partial charge in [-0.15, -0.1) is 0 Å². The first-order chi connectivity index (χ1) is 5.48. The van der Waals surface area contributed by atoms with E-state index in [0.29, 0.717) is 6.54 Å². The SMILES string of the molecule is CN(CCCCCBr)S(C)(=O)=O. The van der Waals surface area contributed by atoms with Crippen LogP contribution in [0.1, 0.15) is 19.3 Å². The van der Waals surface area contributed by atoms with Crippen molar-refractivity contribution in [3.63, 3.8) is 0 Å². The van der Waals surface area contributed by atoms with Gasteiger partial charge in [0.25, 0.3) is 0 Å². The first kappa shape index (κ1) is 12.4. The fourth-order valence-corrected chi connectivity index (χ4v) is 1.63. The lowest BCUT2D eigenvalue weighted by molar-refractivity contribution is 0.459. The second-order valence-electron chi connectivity index (χ2n) is 2.83. The van der Waals surface area contributed by atoms with Gasteiger partial charge in [0.2, 0.25) is 10.0 Å². The van der Waals surface area contributed by atoms with Crippen molar-refractivity contribution in [2.75, 3.05) is 25.2 Å². The van der Waals surface area contributed by atoms with E-state index in [1.54, 1.807) is 7.05 Å². The number of alkyl halides is 1. The highest BCUT2D eigenvalue weighted by molar-refractivity contribution is 9.09. The maximum Gasteiger partial charge on any atom is 0.210 e. The van der Waals surface area contributed by atoms with Gasteiger partial charge >= 0.3 is 0 Å². The van der Waals surface area contributed by atoms with Crippen LogP contribution in [0.4, 0.5) is 0 Å².